The molecule has 3 rings (SSSR count). The maximum Gasteiger partial charge on any atom is 0.193 e. The van der Waals surface area contributed by atoms with Crippen LogP contribution in [0.3, 0.4) is 0 Å². The van der Waals surface area contributed by atoms with Crippen molar-refractivity contribution in [2.24, 2.45) is 0 Å². The number of aliphatic hydroxyl groups is 1. The highest BCUT2D eigenvalue weighted by Crippen LogP contribution is 2.53. The molecule has 1 atom stereocenters. The van der Waals surface area contributed by atoms with Crippen molar-refractivity contribution in [2.45, 2.75) is 55.8 Å². The van der Waals surface area contributed by atoms with E-state index in [0.29, 0.717) is 16.6 Å². The summed E-state index contributed by atoms with van der Waals surface area (Å²) in [7, 11) is 0. The number of benzene rings is 1. The van der Waals surface area contributed by atoms with Crippen molar-refractivity contribution in [2.75, 3.05) is 0 Å². The molecule has 1 heterocycles. The Morgan fingerprint density at radius 3 is 2.72 bits per heavy atom. The first kappa shape index (κ1) is 20.2. The second kappa shape index (κ2) is 7.66. The lowest BCUT2D eigenvalue weighted by Crippen LogP contribution is -2.47. The SMILES string of the molecule is C.CC(=O)Sc1ncnn1CC(O)(Cc1ccccc1Cl)C1(Cl)CC1. The molecular weight excluding hydrogens is 381 g/mol. The van der Waals surface area contributed by atoms with Gasteiger partial charge in [0.25, 0.3) is 0 Å². The summed E-state index contributed by atoms with van der Waals surface area (Å²) < 4.78 is 1.53. The summed E-state index contributed by atoms with van der Waals surface area (Å²) in [6, 6.07) is 7.39. The Morgan fingerprint density at radius 2 is 2.12 bits per heavy atom. The van der Waals surface area contributed by atoms with Crippen molar-refractivity contribution in [3.05, 3.63) is 41.2 Å². The van der Waals surface area contributed by atoms with Crippen LogP contribution in [-0.2, 0) is 17.8 Å². The molecule has 1 fully saturated rings. The summed E-state index contributed by atoms with van der Waals surface area (Å²) in [5, 5.41) is 16.4. The van der Waals surface area contributed by atoms with Crippen molar-refractivity contribution in [3.8, 4) is 0 Å². The van der Waals surface area contributed by atoms with Crippen LogP contribution in [0, 0.1) is 0 Å². The predicted octanol–water partition coefficient (Wildman–Crippen LogP) is 3.95. The highest BCUT2D eigenvalue weighted by atomic mass is 35.5. The summed E-state index contributed by atoms with van der Waals surface area (Å²) in [5.41, 5.74) is -0.409. The third-order valence-electron chi connectivity index (χ3n) is 4.19. The van der Waals surface area contributed by atoms with E-state index in [1.807, 2.05) is 18.2 Å². The summed E-state index contributed by atoms with van der Waals surface area (Å²) in [5.74, 6) is 0. The smallest absolute Gasteiger partial charge is 0.193 e. The van der Waals surface area contributed by atoms with Crippen LogP contribution in [-0.4, -0.2) is 35.5 Å². The summed E-state index contributed by atoms with van der Waals surface area (Å²) in [6.45, 7) is 1.61. The van der Waals surface area contributed by atoms with Crippen molar-refractivity contribution in [1.82, 2.24) is 14.8 Å². The van der Waals surface area contributed by atoms with Crippen LogP contribution in [0.25, 0.3) is 0 Å². The number of hydrogen-bond acceptors (Lipinski definition) is 5. The van der Waals surface area contributed by atoms with E-state index in [-0.39, 0.29) is 19.1 Å². The predicted molar refractivity (Wildman–Crippen MR) is 101 cm³/mol. The van der Waals surface area contributed by atoms with E-state index in [0.717, 1.165) is 30.2 Å². The van der Waals surface area contributed by atoms with E-state index in [2.05, 4.69) is 10.1 Å². The maximum atomic E-state index is 11.3. The minimum Gasteiger partial charge on any atom is -0.386 e. The Bertz CT molecular complexity index is 764. The van der Waals surface area contributed by atoms with Crippen LogP contribution in [0.1, 0.15) is 32.8 Å². The average molecular weight is 402 g/mol. The van der Waals surface area contributed by atoms with Gasteiger partial charge in [0, 0.05) is 18.4 Å². The molecule has 1 unspecified atom stereocenters. The number of rotatable bonds is 6. The lowest BCUT2D eigenvalue weighted by molar-refractivity contribution is -0.109. The Balaban J connectivity index is 0.00000225. The monoisotopic (exact) mass is 401 g/mol. The molecule has 1 aromatic carbocycles. The normalized spacial score (nSPS) is 17.4. The standard InChI is InChI=1S/C16H17Cl2N3O2S.CH4/c1-11(22)24-14-19-10-20-21(14)9-16(23,15(18)6-7-15)8-12-4-2-3-5-13(12)17;/h2-5,10,23H,6-9H2,1H3;1H4. The van der Waals surface area contributed by atoms with E-state index in [9.17, 15) is 9.90 Å². The fourth-order valence-corrected chi connectivity index (χ4v) is 3.70. The molecule has 1 saturated carbocycles. The van der Waals surface area contributed by atoms with Gasteiger partial charge in [0.2, 0.25) is 0 Å². The van der Waals surface area contributed by atoms with Gasteiger partial charge >= 0.3 is 0 Å². The fraction of sp³-hybridized carbons (Fsp3) is 0.471. The second-order valence-electron chi connectivity index (χ2n) is 6.06. The number of aromatic nitrogens is 3. The van der Waals surface area contributed by atoms with Gasteiger partial charge in [0.1, 0.15) is 11.9 Å². The van der Waals surface area contributed by atoms with Crippen LogP contribution >= 0.6 is 35.0 Å². The van der Waals surface area contributed by atoms with Gasteiger partial charge < -0.3 is 5.11 Å². The molecule has 1 N–H and O–H groups in total. The first-order chi connectivity index (χ1) is 11.3. The van der Waals surface area contributed by atoms with Crippen LogP contribution in [0.15, 0.2) is 35.7 Å². The van der Waals surface area contributed by atoms with Crippen molar-refractivity contribution < 1.29 is 9.90 Å². The van der Waals surface area contributed by atoms with E-state index < -0.39 is 10.5 Å². The molecule has 1 aliphatic carbocycles. The zero-order chi connectivity index (χ0) is 17.4. The van der Waals surface area contributed by atoms with Crippen molar-refractivity contribution in [1.29, 1.82) is 0 Å². The van der Waals surface area contributed by atoms with E-state index in [1.54, 1.807) is 6.07 Å². The quantitative estimate of drug-likeness (QED) is 0.585. The van der Waals surface area contributed by atoms with E-state index >= 15 is 0 Å². The van der Waals surface area contributed by atoms with Crippen LogP contribution in [0.2, 0.25) is 5.02 Å². The Hall–Kier alpha value is -1.08. The topological polar surface area (TPSA) is 68.0 Å². The Morgan fingerprint density at radius 1 is 1.44 bits per heavy atom. The number of halogens is 2. The largest absolute Gasteiger partial charge is 0.386 e. The molecular formula is C17H21Cl2N3O2S. The number of hydrogen-bond donors (Lipinski definition) is 1. The van der Waals surface area contributed by atoms with Crippen molar-refractivity contribution in [3.63, 3.8) is 0 Å². The molecule has 136 valence electrons. The first-order valence-electron chi connectivity index (χ1n) is 7.54. The molecule has 0 spiro atoms. The van der Waals surface area contributed by atoms with Gasteiger partial charge in [-0.1, -0.05) is 37.2 Å². The van der Waals surface area contributed by atoms with Gasteiger partial charge in [0.05, 0.1) is 11.4 Å². The lowest BCUT2D eigenvalue weighted by Gasteiger charge is -2.33. The summed E-state index contributed by atoms with van der Waals surface area (Å²) >= 11 is 13.8. The number of thioether (sulfide) groups is 1. The van der Waals surface area contributed by atoms with Gasteiger partial charge in [-0.25, -0.2) is 9.67 Å². The zero-order valence-electron chi connectivity index (χ0n) is 13.1. The molecule has 25 heavy (non-hydrogen) atoms. The molecule has 0 saturated heterocycles. The molecule has 1 aliphatic rings. The van der Waals surface area contributed by atoms with Crippen molar-refractivity contribution >= 4 is 40.1 Å². The van der Waals surface area contributed by atoms with Crippen LogP contribution in [0.4, 0.5) is 0 Å². The summed E-state index contributed by atoms with van der Waals surface area (Å²) in [4.78, 5) is 14.7. The van der Waals surface area contributed by atoms with Gasteiger partial charge in [0.15, 0.2) is 10.3 Å². The molecule has 2 aromatic rings. The number of carbonyl (C=O) groups excluding carboxylic acids is 1. The molecule has 8 heteroatoms. The number of carbonyl (C=O) groups is 1. The number of nitrogens with zero attached hydrogens (tertiary/aromatic N) is 3. The lowest BCUT2D eigenvalue weighted by atomic mass is 9.89. The highest BCUT2D eigenvalue weighted by molar-refractivity contribution is 8.13. The fourth-order valence-electron chi connectivity index (χ4n) is 2.71. The maximum absolute atomic E-state index is 11.3. The Kier molecular flexibility index (Phi) is 6.20. The second-order valence-corrected chi connectivity index (χ2v) is 8.33. The average Bonchev–Trinajstić information content (AvgIpc) is 3.14. The minimum absolute atomic E-state index is 0. The molecule has 1 aromatic heterocycles. The molecule has 0 aliphatic heterocycles. The van der Waals surface area contributed by atoms with E-state index in [1.165, 1.54) is 17.9 Å². The van der Waals surface area contributed by atoms with Crippen LogP contribution < -0.4 is 0 Å². The Labute approximate surface area is 161 Å². The minimum atomic E-state index is -1.24. The third kappa shape index (κ3) is 4.37. The van der Waals surface area contributed by atoms with Gasteiger partial charge in [-0.3, -0.25) is 4.79 Å². The first-order valence-corrected chi connectivity index (χ1v) is 9.11. The molecule has 0 radical (unpaired) electrons. The van der Waals surface area contributed by atoms with E-state index in [4.69, 9.17) is 23.2 Å². The number of alkyl halides is 1. The molecule has 0 amide bonds. The summed E-state index contributed by atoms with van der Waals surface area (Å²) in [6.07, 6.45) is 3.12. The molecule has 5 nitrogen and oxygen atoms in total. The zero-order valence-corrected chi connectivity index (χ0v) is 15.4. The van der Waals surface area contributed by atoms with Gasteiger partial charge in [-0.15, -0.1) is 11.6 Å². The molecule has 0 bridgehead atoms. The van der Waals surface area contributed by atoms with Crippen LogP contribution in [0.5, 0.6) is 0 Å². The highest BCUT2D eigenvalue weighted by Gasteiger charge is 2.58. The van der Waals surface area contributed by atoms with Gasteiger partial charge in [-0.05, 0) is 36.2 Å². The van der Waals surface area contributed by atoms with Gasteiger partial charge in [-0.2, -0.15) is 5.10 Å². The third-order valence-corrected chi connectivity index (χ3v) is 6.07.